The molecule has 0 aliphatic heterocycles. The van der Waals surface area contributed by atoms with Gasteiger partial charge in [-0.3, -0.25) is 9.59 Å². The van der Waals surface area contributed by atoms with Crippen molar-refractivity contribution < 1.29 is 33.0 Å². The van der Waals surface area contributed by atoms with Gasteiger partial charge < -0.3 is 20.4 Å². The monoisotopic (exact) mass is 555 g/mol. The number of hydrogen-bond acceptors (Lipinski definition) is 6. The van der Waals surface area contributed by atoms with E-state index in [9.17, 15) is 33.0 Å². The number of benzene rings is 1. The van der Waals surface area contributed by atoms with Gasteiger partial charge in [0, 0.05) is 30.8 Å². The van der Waals surface area contributed by atoms with Gasteiger partial charge in [-0.15, -0.1) is 11.3 Å². The van der Waals surface area contributed by atoms with Gasteiger partial charge in [-0.1, -0.05) is 35.3 Å². The fourth-order valence-corrected chi connectivity index (χ4v) is 4.70. The number of carbonyl (C=O) groups excluding carboxylic acids is 2. The first-order chi connectivity index (χ1) is 16.0. The van der Waals surface area contributed by atoms with E-state index < -0.39 is 39.8 Å². The van der Waals surface area contributed by atoms with Gasteiger partial charge in [0.2, 0.25) is 0 Å². The summed E-state index contributed by atoms with van der Waals surface area (Å²) in [5.41, 5.74) is -5.18. The largest absolute Gasteiger partial charge is 0.421 e. The third-order valence-corrected chi connectivity index (χ3v) is 7.13. The number of halogens is 5. The van der Waals surface area contributed by atoms with Gasteiger partial charge in [-0.05, 0) is 34.6 Å². The Morgan fingerprint density at radius 3 is 2.14 bits per heavy atom. The highest BCUT2D eigenvalue weighted by Crippen LogP contribution is 2.47. The molecule has 13 heteroatoms. The molecule has 194 valence electrons. The summed E-state index contributed by atoms with van der Waals surface area (Å²) in [5.74, 6) is -1.17. The first-order valence-corrected chi connectivity index (χ1v) is 12.1. The summed E-state index contributed by atoms with van der Waals surface area (Å²) in [6.45, 7) is 7.64. The Labute approximate surface area is 214 Å². The zero-order chi connectivity index (χ0) is 26.9. The summed E-state index contributed by atoms with van der Waals surface area (Å²) < 4.78 is 40.1. The second-order valence-electron chi connectivity index (χ2n) is 8.53. The molecule has 0 aliphatic rings. The van der Waals surface area contributed by atoms with Crippen LogP contribution in [0.5, 0.6) is 0 Å². The van der Waals surface area contributed by atoms with Crippen molar-refractivity contribution in [2.75, 3.05) is 19.6 Å². The van der Waals surface area contributed by atoms with Crippen LogP contribution < -0.4 is 5.32 Å². The van der Waals surface area contributed by atoms with Crippen LogP contribution in [0.2, 0.25) is 10.0 Å². The van der Waals surface area contributed by atoms with E-state index in [-0.39, 0.29) is 32.7 Å². The summed E-state index contributed by atoms with van der Waals surface area (Å²) in [4.78, 5) is 31.6. The maximum absolute atomic E-state index is 13.4. The third kappa shape index (κ3) is 6.26. The molecule has 1 unspecified atom stereocenters. The minimum atomic E-state index is -5.03. The summed E-state index contributed by atoms with van der Waals surface area (Å²) in [6.07, 6.45) is -5.03. The number of carbonyl (C=O) groups is 2. The molecule has 0 bridgehead atoms. The zero-order valence-corrected chi connectivity index (χ0v) is 22.0. The SMILES string of the molecule is CCN(CC)C(=O)c1nc(C(=O)NCC(C)(C)O)sc1-c1ccc(C(C)(O)C(F)(F)F)c(Cl)c1Cl. The summed E-state index contributed by atoms with van der Waals surface area (Å²) in [6, 6.07) is 2.16. The number of aromatic nitrogens is 1. The number of amides is 2. The van der Waals surface area contributed by atoms with Crippen LogP contribution in [0.3, 0.4) is 0 Å². The highest BCUT2D eigenvalue weighted by Gasteiger charge is 2.52. The van der Waals surface area contributed by atoms with Crippen molar-refractivity contribution in [3.63, 3.8) is 0 Å². The van der Waals surface area contributed by atoms with E-state index in [0.29, 0.717) is 20.0 Å². The molecule has 7 nitrogen and oxygen atoms in total. The first-order valence-electron chi connectivity index (χ1n) is 10.5. The molecular formula is C22H26Cl2F3N3O4S. The topological polar surface area (TPSA) is 103 Å². The van der Waals surface area contributed by atoms with Crippen LogP contribution in [0, 0.1) is 0 Å². The molecule has 0 radical (unpaired) electrons. The van der Waals surface area contributed by atoms with Crippen molar-refractivity contribution in [1.29, 1.82) is 0 Å². The molecule has 1 atom stereocenters. The van der Waals surface area contributed by atoms with E-state index in [1.54, 1.807) is 13.8 Å². The maximum atomic E-state index is 13.4. The Balaban J connectivity index is 2.67. The normalized spacial score (nSPS) is 13.9. The Morgan fingerprint density at radius 2 is 1.66 bits per heavy atom. The summed E-state index contributed by atoms with van der Waals surface area (Å²) in [7, 11) is 0. The smallest absolute Gasteiger partial charge is 0.389 e. The van der Waals surface area contributed by atoms with Gasteiger partial charge in [-0.25, -0.2) is 4.98 Å². The Bertz CT molecular complexity index is 1110. The maximum Gasteiger partial charge on any atom is 0.421 e. The number of hydrogen-bond donors (Lipinski definition) is 3. The van der Waals surface area contributed by atoms with Gasteiger partial charge in [-0.2, -0.15) is 13.2 Å². The molecule has 35 heavy (non-hydrogen) atoms. The molecule has 1 aromatic carbocycles. The lowest BCUT2D eigenvalue weighted by molar-refractivity contribution is -0.258. The second kappa shape index (κ2) is 10.6. The highest BCUT2D eigenvalue weighted by atomic mass is 35.5. The number of aliphatic hydroxyl groups is 2. The van der Waals surface area contributed by atoms with Crippen LogP contribution in [-0.4, -0.2) is 63.3 Å². The minimum Gasteiger partial charge on any atom is -0.389 e. The quantitative estimate of drug-likeness (QED) is 0.431. The van der Waals surface area contributed by atoms with Gasteiger partial charge >= 0.3 is 6.18 Å². The van der Waals surface area contributed by atoms with Gasteiger partial charge in [0.25, 0.3) is 11.8 Å². The Kier molecular flexibility index (Phi) is 8.87. The van der Waals surface area contributed by atoms with Gasteiger partial charge in [0.15, 0.2) is 10.6 Å². The average Bonchev–Trinajstić information content (AvgIpc) is 3.18. The van der Waals surface area contributed by atoms with E-state index in [0.717, 1.165) is 17.4 Å². The predicted molar refractivity (Wildman–Crippen MR) is 129 cm³/mol. The number of alkyl halides is 3. The van der Waals surface area contributed by atoms with E-state index in [2.05, 4.69) is 10.3 Å². The molecule has 1 aromatic heterocycles. The van der Waals surface area contributed by atoms with E-state index >= 15 is 0 Å². The fourth-order valence-electron chi connectivity index (χ4n) is 3.03. The van der Waals surface area contributed by atoms with E-state index in [4.69, 9.17) is 23.2 Å². The molecule has 0 fully saturated rings. The number of nitrogens with zero attached hydrogens (tertiary/aromatic N) is 2. The first kappa shape index (κ1) is 29.3. The molecule has 2 amide bonds. The van der Waals surface area contributed by atoms with Crippen molar-refractivity contribution in [3.8, 4) is 10.4 Å². The van der Waals surface area contributed by atoms with Crippen LogP contribution in [0.4, 0.5) is 13.2 Å². The average molecular weight is 556 g/mol. The van der Waals surface area contributed by atoms with Crippen LogP contribution in [0.25, 0.3) is 10.4 Å². The molecule has 0 saturated carbocycles. The van der Waals surface area contributed by atoms with Crippen molar-refractivity contribution in [3.05, 3.63) is 38.4 Å². The molecule has 0 aliphatic carbocycles. The summed E-state index contributed by atoms with van der Waals surface area (Å²) in [5, 5.41) is 21.4. The van der Waals surface area contributed by atoms with Crippen LogP contribution in [0.15, 0.2) is 12.1 Å². The highest BCUT2D eigenvalue weighted by molar-refractivity contribution is 7.17. The summed E-state index contributed by atoms with van der Waals surface area (Å²) >= 11 is 13.3. The number of rotatable bonds is 8. The molecule has 0 saturated heterocycles. The molecule has 2 aromatic rings. The second-order valence-corrected chi connectivity index (χ2v) is 10.3. The molecule has 2 rings (SSSR count). The van der Waals surface area contributed by atoms with Crippen molar-refractivity contribution >= 4 is 46.4 Å². The third-order valence-electron chi connectivity index (χ3n) is 5.16. The molecular weight excluding hydrogens is 530 g/mol. The van der Waals surface area contributed by atoms with Crippen molar-refractivity contribution in [2.24, 2.45) is 0 Å². The molecule has 1 heterocycles. The van der Waals surface area contributed by atoms with Crippen LogP contribution >= 0.6 is 34.5 Å². The van der Waals surface area contributed by atoms with Crippen LogP contribution in [0.1, 0.15) is 60.5 Å². The lowest BCUT2D eigenvalue weighted by Gasteiger charge is -2.28. The molecule has 0 spiro atoms. The standard InChI is InChI=1S/C22H26Cl2F3N3O4S/c1-6-30(7-2)19(32)15-16(35-18(29-15)17(31)28-10-20(3,4)33)11-8-9-12(14(24)13(11)23)21(5,34)22(25,26)27/h8-9,33-34H,6-7,10H2,1-5H3,(H,28,31). The molecule has 3 N–H and O–H groups in total. The number of thiazole rings is 1. The predicted octanol–water partition coefficient (Wildman–Crippen LogP) is 4.87. The van der Waals surface area contributed by atoms with Gasteiger partial charge in [0.1, 0.15) is 5.69 Å². The lowest BCUT2D eigenvalue weighted by Crippen LogP contribution is -2.39. The minimum absolute atomic E-state index is 0.0768. The van der Waals surface area contributed by atoms with Gasteiger partial charge in [0.05, 0.1) is 20.5 Å². The zero-order valence-electron chi connectivity index (χ0n) is 19.7. The van der Waals surface area contributed by atoms with E-state index in [1.165, 1.54) is 24.8 Å². The van der Waals surface area contributed by atoms with Crippen molar-refractivity contribution in [1.82, 2.24) is 15.2 Å². The Hall–Kier alpha value is -1.92. The fraction of sp³-hybridized carbons (Fsp3) is 0.500. The lowest BCUT2D eigenvalue weighted by atomic mass is 9.94. The Morgan fingerprint density at radius 1 is 1.09 bits per heavy atom. The van der Waals surface area contributed by atoms with Crippen LogP contribution in [-0.2, 0) is 5.60 Å². The number of nitrogens with one attached hydrogen (secondary N) is 1. The van der Waals surface area contributed by atoms with E-state index in [1.807, 2.05) is 0 Å². The van der Waals surface area contributed by atoms with Crippen molar-refractivity contribution in [2.45, 2.75) is 52.0 Å².